The van der Waals surface area contributed by atoms with Crippen LogP contribution in [0.15, 0.2) is 11.6 Å². The molecule has 0 spiro atoms. The number of aliphatic hydroxyl groups excluding tert-OH is 1. The van der Waals surface area contributed by atoms with Gasteiger partial charge < -0.3 is 20.4 Å². The van der Waals surface area contributed by atoms with E-state index >= 15 is 0 Å². The Morgan fingerprint density at radius 3 is 2.21 bits per heavy atom. The molecule has 34 heavy (non-hydrogen) atoms. The van der Waals surface area contributed by atoms with Crippen LogP contribution < -0.4 is 0 Å². The molecule has 0 amide bonds. The lowest BCUT2D eigenvalue weighted by Crippen LogP contribution is -2.69. The van der Waals surface area contributed by atoms with Crippen LogP contribution in [0.4, 0.5) is 0 Å². The third-order valence-electron chi connectivity index (χ3n) is 13.5. The third kappa shape index (κ3) is 2.86. The fraction of sp³-hybridized carbons (Fsp3) is 0.900. The highest BCUT2D eigenvalue weighted by molar-refractivity contribution is 5.34. The summed E-state index contributed by atoms with van der Waals surface area (Å²) in [5, 5.41) is 42.9. The fourth-order valence-electron chi connectivity index (χ4n) is 10.7. The Kier molecular flexibility index (Phi) is 5.44. The molecular weight excluding hydrogens is 424 g/mol. The minimum absolute atomic E-state index is 0.0202. The van der Waals surface area contributed by atoms with E-state index in [1.54, 1.807) is 5.57 Å². The molecule has 5 rings (SSSR count). The molecule has 4 nitrogen and oxygen atoms in total. The predicted octanol–water partition coefficient (Wildman–Crippen LogP) is 5.45. The van der Waals surface area contributed by atoms with Gasteiger partial charge in [0.05, 0.1) is 11.5 Å². The van der Waals surface area contributed by atoms with Gasteiger partial charge in [-0.1, -0.05) is 53.2 Å². The molecule has 4 fully saturated rings. The molecule has 5 aliphatic rings. The zero-order valence-electron chi connectivity index (χ0n) is 22.4. The maximum absolute atomic E-state index is 11.5. The monoisotopic (exact) mass is 473 g/mol. The van der Waals surface area contributed by atoms with Crippen LogP contribution in [0.3, 0.4) is 0 Å². The molecule has 0 aliphatic heterocycles. The van der Waals surface area contributed by atoms with E-state index in [2.05, 4.69) is 40.7 Å². The highest BCUT2D eigenvalue weighted by atomic mass is 16.7. The molecule has 193 valence electrons. The quantitative estimate of drug-likeness (QED) is 0.302. The molecule has 11 atom stereocenters. The fourth-order valence-corrected chi connectivity index (χ4v) is 10.7. The highest BCUT2D eigenvalue weighted by Gasteiger charge is 2.71. The predicted molar refractivity (Wildman–Crippen MR) is 134 cm³/mol. The van der Waals surface area contributed by atoms with E-state index in [0.717, 1.165) is 38.0 Å². The Morgan fingerprint density at radius 1 is 0.882 bits per heavy atom. The molecule has 0 bridgehead atoms. The molecule has 5 aliphatic carbocycles. The van der Waals surface area contributed by atoms with Gasteiger partial charge in [-0.2, -0.15) is 0 Å². The van der Waals surface area contributed by atoms with Crippen LogP contribution in [0, 0.1) is 63.6 Å². The lowest BCUT2D eigenvalue weighted by molar-refractivity contribution is -0.405. The molecule has 4 saturated carbocycles. The maximum Gasteiger partial charge on any atom is 0.281 e. The van der Waals surface area contributed by atoms with E-state index in [1.165, 1.54) is 12.8 Å². The van der Waals surface area contributed by atoms with Crippen molar-refractivity contribution in [3.8, 4) is 0 Å². The number of allylic oxidation sites excluding steroid dienone is 2. The van der Waals surface area contributed by atoms with Gasteiger partial charge in [0.25, 0.3) is 5.97 Å². The molecule has 4 N–H and O–H groups in total. The summed E-state index contributed by atoms with van der Waals surface area (Å²) in [5.74, 6) is -0.776. The van der Waals surface area contributed by atoms with Crippen molar-refractivity contribution in [1.82, 2.24) is 0 Å². The van der Waals surface area contributed by atoms with Crippen LogP contribution in [0.2, 0.25) is 0 Å². The summed E-state index contributed by atoms with van der Waals surface area (Å²) in [5.41, 5.74) is 0.345. The number of hydrogen-bond donors (Lipinski definition) is 4. The Labute approximate surface area is 207 Å². The minimum Gasteiger partial charge on any atom is -0.393 e. The van der Waals surface area contributed by atoms with E-state index in [1.807, 2.05) is 6.92 Å². The Balaban J connectivity index is 1.62. The number of rotatable bonds is 1. The van der Waals surface area contributed by atoms with Crippen LogP contribution in [0.1, 0.15) is 99.3 Å². The van der Waals surface area contributed by atoms with Gasteiger partial charge in [0.2, 0.25) is 0 Å². The molecule has 1 radical (unpaired) electrons. The Bertz CT molecular complexity index is 876. The van der Waals surface area contributed by atoms with Gasteiger partial charge in [-0.3, -0.25) is 0 Å². The highest BCUT2D eigenvalue weighted by Crippen LogP contribution is 2.76. The van der Waals surface area contributed by atoms with E-state index in [4.69, 9.17) is 6.92 Å². The molecule has 0 aromatic rings. The standard InChI is InChI=1S/C30H49O4/c1-18-10-13-25(3)16-17-26(4)20(24(25)19(18)2)8-9-21-27(26,5)14-11-22-28(6,30(32,33)34)15-12-23(31)29(21,22)7/h8,18-19,21-24,31-34H,3,9-17H2,1-2,4-7H3/t18-,19+,21+,22+,23?,24+,25-,26-,27-,28?,29-/m1/s1. The lowest BCUT2D eigenvalue weighted by Gasteiger charge is -2.72. The summed E-state index contributed by atoms with van der Waals surface area (Å²) in [7, 11) is 0. The van der Waals surface area contributed by atoms with Crippen LogP contribution in [0.25, 0.3) is 0 Å². The summed E-state index contributed by atoms with van der Waals surface area (Å²) in [6.45, 7) is 18.7. The average molecular weight is 474 g/mol. The van der Waals surface area contributed by atoms with Gasteiger partial charge in [-0.25, -0.2) is 0 Å². The first-order chi connectivity index (χ1) is 15.6. The smallest absolute Gasteiger partial charge is 0.281 e. The van der Waals surface area contributed by atoms with Crippen molar-refractivity contribution >= 4 is 0 Å². The number of hydrogen-bond acceptors (Lipinski definition) is 4. The summed E-state index contributed by atoms with van der Waals surface area (Å²) in [6, 6.07) is 0. The summed E-state index contributed by atoms with van der Waals surface area (Å²) < 4.78 is 0. The summed E-state index contributed by atoms with van der Waals surface area (Å²) >= 11 is 0. The lowest BCUT2D eigenvalue weighted by atomic mass is 9.33. The van der Waals surface area contributed by atoms with E-state index in [9.17, 15) is 20.4 Å². The van der Waals surface area contributed by atoms with Gasteiger partial charge >= 0.3 is 0 Å². The average Bonchev–Trinajstić information content (AvgIpc) is 2.74. The molecule has 0 aromatic heterocycles. The summed E-state index contributed by atoms with van der Waals surface area (Å²) in [6.07, 6.45) is 10.5. The first-order valence-corrected chi connectivity index (χ1v) is 14.0. The van der Waals surface area contributed by atoms with Crippen LogP contribution >= 0.6 is 0 Å². The topological polar surface area (TPSA) is 80.9 Å². The van der Waals surface area contributed by atoms with Gasteiger partial charge in [-0.15, -0.1) is 0 Å². The zero-order valence-corrected chi connectivity index (χ0v) is 22.4. The van der Waals surface area contributed by atoms with Crippen molar-refractivity contribution in [3.63, 3.8) is 0 Å². The van der Waals surface area contributed by atoms with Crippen molar-refractivity contribution in [2.75, 3.05) is 0 Å². The van der Waals surface area contributed by atoms with Crippen molar-refractivity contribution in [2.24, 2.45) is 56.7 Å². The van der Waals surface area contributed by atoms with Gasteiger partial charge in [0.15, 0.2) is 0 Å². The molecule has 0 heterocycles. The second-order valence-electron chi connectivity index (χ2n) is 14.5. The zero-order chi connectivity index (χ0) is 25.1. The SMILES string of the molecule is [CH2][C@]12CC[C@@H](C)[C@H](C)[C@H]1C1=CC[C@@H]3[C@@]4(C)C(O)CCC(C)(C(O)(O)O)[C@@H]4CC[C@@]3(C)[C@]1(C)CC2. The van der Waals surface area contributed by atoms with Crippen molar-refractivity contribution in [1.29, 1.82) is 0 Å². The van der Waals surface area contributed by atoms with Crippen molar-refractivity contribution < 1.29 is 20.4 Å². The van der Waals surface area contributed by atoms with Crippen LogP contribution in [0.5, 0.6) is 0 Å². The van der Waals surface area contributed by atoms with Crippen molar-refractivity contribution in [2.45, 2.75) is 111 Å². The van der Waals surface area contributed by atoms with Crippen molar-refractivity contribution in [3.05, 3.63) is 18.6 Å². The first kappa shape index (κ1) is 25.2. The molecule has 0 saturated heterocycles. The van der Waals surface area contributed by atoms with Crippen LogP contribution in [-0.4, -0.2) is 32.5 Å². The first-order valence-electron chi connectivity index (χ1n) is 14.0. The van der Waals surface area contributed by atoms with Crippen LogP contribution in [-0.2, 0) is 0 Å². The second-order valence-corrected chi connectivity index (χ2v) is 14.5. The van der Waals surface area contributed by atoms with Gasteiger partial charge in [-0.05, 0) is 111 Å². The van der Waals surface area contributed by atoms with Gasteiger partial charge in [0, 0.05) is 5.41 Å². The summed E-state index contributed by atoms with van der Waals surface area (Å²) in [4.78, 5) is 0. The normalized spacial score (nSPS) is 57.6. The Morgan fingerprint density at radius 2 is 1.56 bits per heavy atom. The number of aliphatic hydroxyl groups is 4. The third-order valence-corrected chi connectivity index (χ3v) is 13.5. The molecule has 0 aromatic carbocycles. The van der Waals surface area contributed by atoms with E-state index in [0.29, 0.717) is 24.7 Å². The maximum atomic E-state index is 11.5. The largest absolute Gasteiger partial charge is 0.393 e. The molecular formula is C30H49O4. The van der Waals surface area contributed by atoms with E-state index in [-0.39, 0.29) is 28.1 Å². The molecule has 2 unspecified atom stereocenters. The Hall–Kier alpha value is -0.420. The number of fused-ring (bicyclic) bond motifs is 7. The van der Waals surface area contributed by atoms with E-state index < -0.39 is 22.9 Å². The van der Waals surface area contributed by atoms with Gasteiger partial charge in [0.1, 0.15) is 0 Å². The molecule has 4 heteroatoms. The second kappa shape index (κ2) is 7.33. The minimum atomic E-state index is -2.74.